The summed E-state index contributed by atoms with van der Waals surface area (Å²) in [6, 6.07) is 0.463. The average molecular weight is 295 g/mol. The molecule has 0 aliphatic heterocycles. The van der Waals surface area contributed by atoms with Gasteiger partial charge in [0.05, 0.1) is 11.6 Å². The topological polar surface area (TPSA) is 35.6 Å². The molecule has 2 heterocycles. The molecule has 2 aromatic rings. The van der Waals surface area contributed by atoms with E-state index in [4.69, 9.17) is 16.6 Å². The highest BCUT2D eigenvalue weighted by atomic mass is 35.5. The van der Waals surface area contributed by atoms with Gasteiger partial charge in [-0.05, 0) is 25.2 Å². The van der Waals surface area contributed by atoms with E-state index < -0.39 is 0 Å². The molecule has 0 radical (unpaired) electrons. The lowest BCUT2D eigenvalue weighted by atomic mass is 9.73. The average Bonchev–Trinajstić information content (AvgIpc) is 2.88. The molecule has 110 valence electrons. The lowest BCUT2D eigenvalue weighted by Crippen LogP contribution is -2.31. The molecule has 1 unspecified atom stereocenters. The fraction of sp³-hybridized carbons (Fsp3) is 0.733. The molecule has 0 amide bonds. The van der Waals surface area contributed by atoms with E-state index >= 15 is 0 Å². The van der Waals surface area contributed by atoms with Crippen LogP contribution in [0.1, 0.15) is 57.1 Å². The molecule has 4 nitrogen and oxygen atoms in total. The summed E-state index contributed by atoms with van der Waals surface area (Å²) < 4.78 is 4.32. The SMILES string of the molecule is Cc1nn(C)c2c1nc(CCl)n2C1CCCCC1(C)C. The minimum absolute atomic E-state index is 0.283. The first-order valence-electron chi connectivity index (χ1n) is 7.42. The molecular formula is C15H23ClN4. The number of hydrogen-bond acceptors (Lipinski definition) is 2. The Morgan fingerprint density at radius 3 is 2.75 bits per heavy atom. The van der Waals surface area contributed by atoms with Crippen LogP contribution in [-0.2, 0) is 12.9 Å². The fourth-order valence-corrected chi connectivity index (χ4v) is 3.91. The van der Waals surface area contributed by atoms with Gasteiger partial charge < -0.3 is 4.57 Å². The molecule has 0 aromatic carbocycles. The summed E-state index contributed by atoms with van der Waals surface area (Å²) in [4.78, 5) is 4.74. The Balaban J connectivity index is 2.23. The van der Waals surface area contributed by atoms with Gasteiger partial charge in [0.1, 0.15) is 11.3 Å². The van der Waals surface area contributed by atoms with Gasteiger partial charge in [0.15, 0.2) is 5.65 Å². The van der Waals surface area contributed by atoms with Gasteiger partial charge in [-0.2, -0.15) is 5.10 Å². The zero-order valence-corrected chi connectivity index (χ0v) is 13.5. The quantitative estimate of drug-likeness (QED) is 0.786. The zero-order chi connectivity index (χ0) is 14.5. The normalized spacial score (nSPS) is 22.6. The second-order valence-corrected chi connectivity index (χ2v) is 6.93. The van der Waals surface area contributed by atoms with Crippen molar-refractivity contribution in [1.29, 1.82) is 0 Å². The van der Waals surface area contributed by atoms with E-state index in [1.54, 1.807) is 0 Å². The summed E-state index contributed by atoms with van der Waals surface area (Å²) in [7, 11) is 2.00. The lowest BCUT2D eigenvalue weighted by molar-refractivity contribution is 0.144. The largest absolute Gasteiger partial charge is 0.308 e. The fourth-order valence-electron chi connectivity index (χ4n) is 3.72. The van der Waals surface area contributed by atoms with E-state index in [-0.39, 0.29) is 5.41 Å². The van der Waals surface area contributed by atoms with Crippen molar-refractivity contribution >= 4 is 22.8 Å². The van der Waals surface area contributed by atoms with Crippen molar-refractivity contribution in [3.8, 4) is 0 Å². The maximum absolute atomic E-state index is 6.16. The number of halogens is 1. The van der Waals surface area contributed by atoms with Gasteiger partial charge in [-0.15, -0.1) is 11.6 Å². The summed E-state index contributed by atoms with van der Waals surface area (Å²) in [5.41, 5.74) is 3.40. The van der Waals surface area contributed by atoms with Crippen molar-refractivity contribution in [1.82, 2.24) is 19.3 Å². The summed E-state index contributed by atoms with van der Waals surface area (Å²) in [5, 5.41) is 4.52. The Morgan fingerprint density at radius 1 is 1.35 bits per heavy atom. The zero-order valence-electron chi connectivity index (χ0n) is 12.8. The maximum atomic E-state index is 6.16. The van der Waals surface area contributed by atoms with Gasteiger partial charge in [0.2, 0.25) is 0 Å². The van der Waals surface area contributed by atoms with Crippen molar-refractivity contribution in [2.24, 2.45) is 12.5 Å². The Hall–Kier alpha value is -1.03. The van der Waals surface area contributed by atoms with Crippen LogP contribution in [0.5, 0.6) is 0 Å². The van der Waals surface area contributed by atoms with E-state index in [2.05, 4.69) is 23.5 Å². The Morgan fingerprint density at radius 2 is 2.10 bits per heavy atom. The molecule has 5 heteroatoms. The molecule has 0 saturated heterocycles. The van der Waals surface area contributed by atoms with Crippen molar-refractivity contribution < 1.29 is 0 Å². The third kappa shape index (κ3) is 1.96. The number of imidazole rings is 1. The Labute approximate surface area is 125 Å². The maximum Gasteiger partial charge on any atom is 0.158 e. The van der Waals surface area contributed by atoms with E-state index in [9.17, 15) is 0 Å². The lowest BCUT2D eigenvalue weighted by Gasteiger charge is -2.40. The molecule has 0 bridgehead atoms. The summed E-state index contributed by atoms with van der Waals surface area (Å²) >= 11 is 6.16. The number of aromatic nitrogens is 4. The molecule has 3 rings (SSSR count). The van der Waals surface area contributed by atoms with E-state index in [0.717, 1.165) is 22.7 Å². The predicted octanol–water partition coefficient (Wildman–Crippen LogP) is 3.96. The van der Waals surface area contributed by atoms with Gasteiger partial charge in [0, 0.05) is 13.1 Å². The molecule has 20 heavy (non-hydrogen) atoms. The predicted molar refractivity (Wildman–Crippen MR) is 82.1 cm³/mol. The number of hydrogen-bond donors (Lipinski definition) is 0. The molecule has 0 N–H and O–H groups in total. The minimum atomic E-state index is 0.283. The van der Waals surface area contributed by atoms with E-state index in [1.807, 2.05) is 18.7 Å². The molecule has 2 aromatic heterocycles. The van der Waals surface area contributed by atoms with Gasteiger partial charge in [-0.1, -0.05) is 26.7 Å². The van der Waals surface area contributed by atoms with E-state index in [1.165, 1.54) is 25.7 Å². The first-order valence-corrected chi connectivity index (χ1v) is 7.95. The first-order chi connectivity index (χ1) is 9.45. The van der Waals surface area contributed by atoms with Crippen LogP contribution >= 0.6 is 11.6 Å². The second kappa shape index (κ2) is 4.76. The molecule has 1 aliphatic carbocycles. The standard InChI is InChI=1S/C15H23ClN4/c1-10-13-14(19(4)18-10)20(12(9-16)17-13)11-7-5-6-8-15(11,2)3/h11H,5-9H2,1-4H3. The summed E-state index contributed by atoms with van der Waals surface area (Å²) in [6.07, 6.45) is 5.07. The van der Waals surface area contributed by atoms with Crippen LogP contribution in [0.2, 0.25) is 0 Å². The van der Waals surface area contributed by atoms with Crippen LogP contribution in [0.15, 0.2) is 0 Å². The van der Waals surface area contributed by atoms with Crippen LogP contribution in [0, 0.1) is 12.3 Å². The van der Waals surface area contributed by atoms with Crippen molar-refractivity contribution in [2.45, 2.75) is 58.4 Å². The highest BCUT2D eigenvalue weighted by Gasteiger charge is 2.36. The summed E-state index contributed by atoms with van der Waals surface area (Å²) in [5.74, 6) is 1.44. The number of fused-ring (bicyclic) bond motifs is 1. The highest BCUT2D eigenvalue weighted by molar-refractivity contribution is 6.16. The Bertz CT molecular complexity index is 638. The van der Waals surface area contributed by atoms with Gasteiger partial charge in [-0.25, -0.2) is 4.98 Å². The van der Waals surface area contributed by atoms with Gasteiger partial charge >= 0.3 is 0 Å². The highest BCUT2D eigenvalue weighted by Crippen LogP contribution is 2.45. The number of aryl methyl sites for hydroxylation is 2. The van der Waals surface area contributed by atoms with Crippen LogP contribution in [0.4, 0.5) is 0 Å². The van der Waals surface area contributed by atoms with Crippen molar-refractivity contribution in [2.75, 3.05) is 0 Å². The third-order valence-electron chi connectivity index (χ3n) is 4.79. The first kappa shape index (κ1) is 13.9. The van der Waals surface area contributed by atoms with E-state index in [0.29, 0.717) is 11.9 Å². The monoisotopic (exact) mass is 294 g/mol. The Kier molecular flexibility index (Phi) is 3.32. The molecule has 1 fully saturated rings. The second-order valence-electron chi connectivity index (χ2n) is 6.66. The summed E-state index contributed by atoms with van der Waals surface area (Å²) in [6.45, 7) is 6.75. The number of rotatable bonds is 2. The smallest absolute Gasteiger partial charge is 0.158 e. The van der Waals surface area contributed by atoms with Gasteiger partial charge in [-0.3, -0.25) is 4.68 Å². The molecule has 1 saturated carbocycles. The van der Waals surface area contributed by atoms with Crippen molar-refractivity contribution in [3.63, 3.8) is 0 Å². The van der Waals surface area contributed by atoms with Crippen LogP contribution in [-0.4, -0.2) is 19.3 Å². The molecular weight excluding hydrogens is 272 g/mol. The number of nitrogens with zero attached hydrogens (tertiary/aromatic N) is 4. The molecule has 1 atom stereocenters. The minimum Gasteiger partial charge on any atom is -0.308 e. The number of alkyl halides is 1. The van der Waals surface area contributed by atoms with Gasteiger partial charge in [0.25, 0.3) is 0 Å². The van der Waals surface area contributed by atoms with Crippen LogP contribution in [0.3, 0.4) is 0 Å². The van der Waals surface area contributed by atoms with Crippen LogP contribution in [0.25, 0.3) is 11.2 Å². The van der Waals surface area contributed by atoms with Crippen molar-refractivity contribution in [3.05, 3.63) is 11.5 Å². The molecule has 0 spiro atoms. The third-order valence-corrected chi connectivity index (χ3v) is 5.03. The van der Waals surface area contributed by atoms with Crippen LogP contribution < -0.4 is 0 Å². The molecule has 1 aliphatic rings.